The van der Waals surface area contributed by atoms with Crippen LogP contribution >= 0.6 is 0 Å². The van der Waals surface area contributed by atoms with E-state index in [0.717, 1.165) is 22.3 Å². The molecular weight excluding hydrogens is 354 g/mol. The van der Waals surface area contributed by atoms with E-state index in [1.54, 1.807) is 12.5 Å². The highest BCUT2D eigenvalue weighted by Crippen LogP contribution is 2.25. The van der Waals surface area contributed by atoms with Gasteiger partial charge in [0.25, 0.3) is 0 Å². The molecule has 0 aliphatic carbocycles. The van der Waals surface area contributed by atoms with Gasteiger partial charge in [-0.25, -0.2) is 4.98 Å². The zero-order valence-electron chi connectivity index (χ0n) is 15.7. The highest BCUT2D eigenvalue weighted by molar-refractivity contribution is 5.86. The van der Waals surface area contributed by atoms with E-state index in [-0.39, 0.29) is 11.7 Å². The van der Waals surface area contributed by atoms with Crippen molar-refractivity contribution >= 4 is 16.8 Å². The Balaban J connectivity index is 1.67. The Bertz CT molecular complexity index is 1120. The summed E-state index contributed by atoms with van der Waals surface area (Å²) in [5.74, 6) is 0.715. The minimum Gasteiger partial charge on any atom is -0.380 e. The number of benzene rings is 1. The number of nitrogens with zero attached hydrogens (tertiary/aromatic N) is 4. The molecule has 0 saturated heterocycles. The molecule has 0 radical (unpaired) electrons. The van der Waals surface area contributed by atoms with Crippen LogP contribution in [0.25, 0.3) is 28.1 Å². The van der Waals surface area contributed by atoms with Gasteiger partial charge >= 0.3 is 0 Å². The fraction of sp³-hybridized carbons (Fsp3) is 0.238. The Kier molecular flexibility index (Phi) is 4.75. The van der Waals surface area contributed by atoms with Crippen molar-refractivity contribution in [2.75, 3.05) is 0 Å². The second-order valence-electron chi connectivity index (χ2n) is 7.22. The fourth-order valence-corrected chi connectivity index (χ4v) is 3.25. The fourth-order valence-electron chi connectivity index (χ4n) is 3.25. The number of nitrogens with one attached hydrogen (secondary N) is 1. The summed E-state index contributed by atoms with van der Waals surface area (Å²) in [6, 6.07) is 11.6. The van der Waals surface area contributed by atoms with Gasteiger partial charge in [-0.3, -0.25) is 4.79 Å². The average molecular weight is 375 g/mol. The third-order valence-corrected chi connectivity index (χ3v) is 4.59. The van der Waals surface area contributed by atoms with Crippen LogP contribution in [-0.2, 0) is 4.79 Å². The van der Waals surface area contributed by atoms with E-state index in [9.17, 15) is 9.90 Å². The number of hydrogen-bond donors (Lipinski definition) is 2. The number of hydrogen-bond acceptors (Lipinski definition) is 5. The number of carbonyl (C=O) groups excluding carboxylic acids is 1. The van der Waals surface area contributed by atoms with Crippen molar-refractivity contribution in [2.24, 2.45) is 5.92 Å². The summed E-state index contributed by atoms with van der Waals surface area (Å²) in [4.78, 5) is 19.7. The highest BCUT2D eigenvalue weighted by atomic mass is 16.3. The molecule has 0 amide bonds. The van der Waals surface area contributed by atoms with Gasteiger partial charge < -0.3 is 14.7 Å². The van der Waals surface area contributed by atoms with E-state index >= 15 is 0 Å². The van der Waals surface area contributed by atoms with Gasteiger partial charge in [-0.15, -0.1) is 10.2 Å². The molecule has 28 heavy (non-hydrogen) atoms. The zero-order chi connectivity index (χ0) is 19.7. The van der Waals surface area contributed by atoms with Crippen LogP contribution in [0, 0.1) is 5.92 Å². The van der Waals surface area contributed by atoms with Crippen molar-refractivity contribution in [3.05, 3.63) is 60.7 Å². The largest absolute Gasteiger partial charge is 0.380 e. The molecule has 0 aliphatic rings. The van der Waals surface area contributed by atoms with Gasteiger partial charge in [-0.1, -0.05) is 26.0 Å². The van der Waals surface area contributed by atoms with Crippen molar-refractivity contribution in [1.29, 1.82) is 0 Å². The van der Waals surface area contributed by atoms with E-state index in [1.165, 1.54) is 0 Å². The Hall–Kier alpha value is -3.32. The van der Waals surface area contributed by atoms with E-state index in [1.807, 2.05) is 61.0 Å². The summed E-state index contributed by atoms with van der Waals surface area (Å²) in [6.07, 6.45) is 4.24. The van der Waals surface area contributed by atoms with E-state index in [0.29, 0.717) is 17.8 Å². The molecule has 3 aromatic heterocycles. The van der Waals surface area contributed by atoms with E-state index < -0.39 is 6.10 Å². The minimum atomic E-state index is -1.14. The first-order chi connectivity index (χ1) is 13.5. The number of Topliss-reactive ketones (excluding diaryl/α,β-unsaturated/α-hetero) is 1. The molecule has 3 heterocycles. The molecule has 0 aliphatic heterocycles. The van der Waals surface area contributed by atoms with Gasteiger partial charge in [0.05, 0.1) is 0 Å². The molecular formula is C21H21N5O2. The number of aliphatic hydroxyl groups is 1. The number of fused-ring (bicyclic) bond motifs is 1. The molecule has 7 heteroatoms. The molecule has 0 spiro atoms. The Morgan fingerprint density at radius 3 is 2.86 bits per heavy atom. The molecule has 0 fully saturated rings. The number of H-pyrrole nitrogens is 1. The Labute approximate surface area is 162 Å². The van der Waals surface area contributed by atoms with Gasteiger partial charge in [0.15, 0.2) is 11.6 Å². The lowest BCUT2D eigenvalue weighted by Gasteiger charge is -2.12. The zero-order valence-corrected chi connectivity index (χ0v) is 15.7. The molecule has 4 aromatic rings. The van der Waals surface area contributed by atoms with Gasteiger partial charge in [0, 0.05) is 41.0 Å². The van der Waals surface area contributed by atoms with Crippen LogP contribution in [0.2, 0.25) is 0 Å². The summed E-state index contributed by atoms with van der Waals surface area (Å²) in [5, 5.41) is 19.1. The second-order valence-corrected chi connectivity index (χ2v) is 7.22. The van der Waals surface area contributed by atoms with Crippen molar-refractivity contribution < 1.29 is 9.90 Å². The number of aliphatic hydroxyl groups excluding tert-OH is 1. The number of pyridine rings is 1. The number of ketones is 1. The third kappa shape index (κ3) is 3.44. The van der Waals surface area contributed by atoms with Gasteiger partial charge in [-0.05, 0) is 30.2 Å². The number of aromatic amines is 1. The van der Waals surface area contributed by atoms with Crippen LogP contribution < -0.4 is 0 Å². The Morgan fingerprint density at radius 1 is 1.25 bits per heavy atom. The second kappa shape index (κ2) is 7.36. The normalized spacial score (nSPS) is 12.6. The molecule has 0 bridgehead atoms. The van der Waals surface area contributed by atoms with Crippen LogP contribution in [0.4, 0.5) is 0 Å². The quantitative estimate of drug-likeness (QED) is 0.538. The number of aromatic nitrogens is 5. The molecule has 0 saturated carbocycles. The first-order valence-corrected chi connectivity index (χ1v) is 9.17. The van der Waals surface area contributed by atoms with Crippen molar-refractivity contribution in [3.8, 4) is 17.1 Å². The predicted molar refractivity (Wildman–Crippen MR) is 106 cm³/mol. The predicted octanol–water partition coefficient (Wildman–Crippen LogP) is 3.46. The summed E-state index contributed by atoms with van der Waals surface area (Å²) >= 11 is 0. The van der Waals surface area contributed by atoms with Crippen molar-refractivity contribution in [2.45, 2.75) is 26.4 Å². The maximum Gasteiger partial charge on any atom is 0.166 e. The maximum absolute atomic E-state index is 12.2. The SMILES string of the molecule is CC(C)CC(=O)C(O)c1cnc2c(ccn2-c2cccc(-c3nnc[nH]3)c2)c1. The molecule has 1 unspecified atom stereocenters. The van der Waals surface area contributed by atoms with Crippen LogP contribution in [0.1, 0.15) is 31.9 Å². The molecule has 142 valence electrons. The first kappa shape index (κ1) is 18.1. The average Bonchev–Trinajstić information content (AvgIpc) is 3.36. The summed E-state index contributed by atoms with van der Waals surface area (Å²) < 4.78 is 1.96. The van der Waals surface area contributed by atoms with Crippen LogP contribution in [-0.4, -0.2) is 35.6 Å². The van der Waals surface area contributed by atoms with Crippen LogP contribution in [0.5, 0.6) is 0 Å². The summed E-state index contributed by atoms with van der Waals surface area (Å²) in [6.45, 7) is 3.91. The van der Waals surface area contributed by atoms with E-state index in [2.05, 4.69) is 20.2 Å². The lowest BCUT2D eigenvalue weighted by atomic mass is 9.99. The van der Waals surface area contributed by atoms with Crippen LogP contribution in [0.3, 0.4) is 0 Å². The Morgan fingerprint density at radius 2 is 2.11 bits per heavy atom. The van der Waals surface area contributed by atoms with Gasteiger partial charge in [0.1, 0.15) is 18.1 Å². The molecule has 1 atom stereocenters. The van der Waals surface area contributed by atoms with Gasteiger partial charge in [0.2, 0.25) is 0 Å². The van der Waals surface area contributed by atoms with Crippen molar-refractivity contribution in [3.63, 3.8) is 0 Å². The van der Waals surface area contributed by atoms with E-state index in [4.69, 9.17) is 0 Å². The molecule has 2 N–H and O–H groups in total. The summed E-state index contributed by atoms with van der Waals surface area (Å²) in [7, 11) is 0. The van der Waals surface area contributed by atoms with Gasteiger partial charge in [-0.2, -0.15) is 0 Å². The summed E-state index contributed by atoms with van der Waals surface area (Å²) in [5.41, 5.74) is 3.12. The molecule has 1 aromatic carbocycles. The lowest BCUT2D eigenvalue weighted by molar-refractivity contribution is -0.128. The van der Waals surface area contributed by atoms with Crippen LogP contribution in [0.15, 0.2) is 55.1 Å². The topological polar surface area (TPSA) is 96.7 Å². The number of rotatable bonds is 6. The smallest absolute Gasteiger partial charge is 0.166 e. The standard InChI is InChI=1S/C21H21N5O2/c1-13(2)8-18(27)19(28)16-9-15-6-7-26(21(15)22-11-16)17-5-3-4-14(10-17)20-23-12-24-25-20/h3-7,9-13,19,28H,8H2,1-2H3,(H,23,24,25). The molecule has 4 rings (SSSR count). The lowest BCUT2D eigenvalue weighted by Crippen LogP contribution is -2.14. The van der Waals surface area contributed by atoms with Crippen molar-refractivity contribution in [1.82, 2.24) is 24.7 Å². The molecule has 7 nitrogen and oxygen atoms in total. The maximum atomic E-state index is 12.2. The first-order valence-electron chi connectivity index (χ1n) is 9.17. The highest BCUT2D eigenvalue weighted by Gasteiger charge is 2.19. The monoisotopic (exact) mass is 375 g/mol. The third-order valence-electron chi connectivity index (χ3n) is 4.59. The minimum absolute atomic E-state index is 0.185. The number of carbonyl (C=O) groups is 1.